The lowest BCUT2D eigenvalue weighted by molar-refractivity contribution is 0.102. The molecular weight excluding hydrogens is 316 g/mol. The number of amides is 1. The molecule has 0 atom stereocenters. The molecule has 0 aliphatic heterocycles. The number of halogens is 1. The highest BCUT2D eigenvalue weighted by atomic mass is 79.9. The van der Waals surface area contributed by atoms with Gasteiger partial charge < -0.3 is 10.1 Å². The van der Waals surface area contributed by atoms with Gasteiger partial charge in [-0.2, -0.15) is 0 Å². The minimum Gasteiger partial charge on any atom is -0.495 e. The lowest BCUT2D eigenvalue weighted by Gasteiger charge is -2.06. The van der Waals surface area contributed by atoms with Crippen molar-refractivity contribution in [2.24, 2.45) is 0 Å². The van der Waals surface area contributed by atoms with Crippen LogP contribution in [0.4, 0.5) is 5.82 Å². The Kier molecular flexibility index (Phi) is 3.98. The Morgan fingerprint density at radius 2 is 2.33 bits per heavy atom. The molecule has 0 fully saturated rings. The van der Waals surface area contributed by atoms with Gasteiger partial charge in [0.1, 0.15) is 16.4 Å². The lowest BCUT2D eigenvalue weighted by Crippen LogP contribution is -2.12. The first kappa shape index (κ1) is 13.0. The van der Waals surface area contributed by atoms with Gasteiger partial charge in [0.15, 0.2) is 0 Å². The molecule has 94 valence electrons. The normalized spacial score (nSPS) is 10.2. The number of nitrogens with zero attached hydrogens (tertiary/aromatic N) is 1. The number of ether oxygens (including phenoxy) is 1. The molecular formula is C12H11BrN2O2S. The number of aromatic nitrogens is 1. The van der Waals surface area contributed by atoms with Crippen LogP contribution >= 0.6 is 27.3 Å². The first-order valence-electron chi connectivity index (χ1n) is 5.17. The van der Waals surface area contributed by atoms with Crippen molar-refractivity contribution in [3.8, 4) is 5.75 Å². The molecule has 6 heteroatoms. The van der Waals surface area contributed by atoms with Gasteiger partial charge in [-0.05, 0) is 45.9 Å². The number of aryl methyl sites for hydroxylation is 1. The van der Waals surface area contributed by atoms with Gasteiger partial charge in [-0.1, -0.05) is 0 Å². The highest BCUT2D eigenvalue weighted by Gasteiger charge is 2.14. The Hall–Kier alpha value is -1.40. The molecule has 1 amide bonds. The van der Waals surface area contributed by atoms with Crippen molar-refractivity contribution in [3.05, 3.63) is 38.6 Å². The van der Waals surface area contributed by atoms with Crippen LogP contribution in [0.1, 0.15) is 15.2 Å². The molecule has 2 aromatic rings. The lowest BCUT2D eigenvalue weighted by atomic mass is 10.3. The summed E-state index contributed by atoms with van der Waals surface area (Å²) in [7, 11) is 1.54. The molecule has 18 heavy (non-hydrogen) atoms. The van der Waals surface area contributed by atoms with Gasteiger partial charge in [-0.15, -0.1) is 11.3 Å². The second kappa shape index (κ2) is 5.49. The van der Waals surface area contributed by atoms with Crippen LogP contribution in [-0.2, 0) is 0 Å². The third-order valence-corrected chi connectivity index (χ3v) is 4.07. The quantitative estimate of drug-likeness (QED) is 0.939. The monoisotopic (exact) mass is 326 g/mol. The fourth-order valence-corrected chi connectivity index (χ4v) is 2.37. The van der Waals surface area contributed by atoms with Crippen LogP contribution < -0.4 is 10.1 Å². The van der Waals surface area contributed by atoms with E-state index in [1.54, 1.807) is 19.4 Å². The predicted octanol–water partition coefficient (Wildman–Crippen LogP) is 3.47. The zero-order chi connectivity index (χ0) is 13.1. The molecule has 4 nitrogen and oxygen atoms in total. The molecule has 0 bridgehead atoms. The average Bonchev–Trinajstić information content (AvgIpc) is 2.82. The molecule has 0 aliphatic rings. The number of hydrogen-bond acceptors (Lipinski definition) is 4. The number of methoxy groups -OCH3 is 1. The van der Waals surface area contributed by atoms with E-state index in [2.05, 4.69) is 26.2 Å². The summed E-state index contributed by atoms with van der Waals surface area (Å²) < 4.78 is 6.02. The minimum atomic E-state index is -0.212. The Morgan fingerprint density at radius 1 is 1.56 bits per heavy atom. The highest BCUT2D eigenvalue weighted by Crippen LogP contribution is 2.25. The van der Waals surface area contributed by atoms with E-state index in [4.69, 9.17) is 4.74 Å². The molecule has 0 aromatic carbocycles. The Balaban J connectivity index is 2.19. The van der Waals surface area contributed by atoms with Crippen LogP contribution in [0.15, 0.2) is 28.2 Å². The largest absolute Gasteiger partial charge is 0.495 e. The molecule has 2 rings (SSSR count). The fraction of sp³-hybridized carbons (Fsp3) is 0.167. The van der Waals surface area contributed by atoms with Crippen molar-refractivity contribution in [1.82, 2.24) is 4.98 Å². The number of anilines is 1. The Bertz CT molecular complexity index is 583. The smallest absolute Gasteiger partial charge is 0.270 e. The Labute approximate surface area is 117 Å². The number of pyridine rings is 1. The summed E-state index contributed by atoms with van der Waals surface area (Å²) in [5.41, 5.74) is 1.01. The van der Waals surface area contributed by atoms with Gasteiger partial charge in [0.25, 0.3) is 5.91 Å². The first-order chi connectivity index (χ1) is 8.61. The SMILES string of the molecule is COc1ccsc1C(=O)Nc1cc(C)c(Br)cn1. The van der Waals surface area contributed by atoms with E-state index in [0.717, 1.165) is 10.0 Å². The molecule has 2 heterocycles. The van der Waals surface area contributed by atoms with Crippen molar-refractivity contribution in [3.63, 3.8) is 0 Å². The Morgan fingerprint density at radius 3 is 3.00 bits per heavy atom. The van der Waals surface area contributed by atoms with Crippen molar-refractivity contribution in [1.29, 1.82) is 0 Å². The van der Waals surface area contributed by atoms with Gasteiger partial charge in [0.05, 0.1) is 7.11 Å². The van der Waals surface area contributed by atoms with E-state index in [1.165, 1.54) is 11.3 Å². The third kappa shape index (κ3) is 2.70. The third-order valence-electron chi connectivity index (χ3n) is 2.34. The van der Waals surface area contributed by atoms with Crippen molar-refractivity contribution >= 4 is 39.0 Å². The molecule has 0 saturated heterocycles. The maximum atomic E-state index is 12.0. The zero-order valence-corrected chi connectivity index (χ0v) is 12.3. The summed E-state index contributed by atoms with van der Waals surface area (Å²) >= 11 is 4.70. The van der Waals surface area contributed by atoms with Crippen LogP contribution in [0.5, 0.6) is 5.75 Å². The molecule has 1 N–H and O–H groups in total. The van der Waals surface area contributed by atoms with E-state index < -0.39 is 0 Å². The summed E-state index contributed by atoms with van der Waals surface area (Å²) in [5.74, 6) is 0.888. The summed E-state index contributed by atoms with van der Waals surface area (Å²) in [6.45, 7) is 1.94. The maximum absolute atomic E-state index is 12.0. The zero-order valence-electron chi connectivity index (χ0n) is 9.86. The fourth-order valence-electron chi connectivity index (χ4n) is 1.40. The summed E-state index contributed by atoms with van der Waals surface area (Å²) in [6, 6.07) is 3.57. The molecule has 2 aromatic heterocycles. The molecule has 0 spiro atoms. The molecule has 0 aliphatic carbocycles. The van der Waals surface area contributed by atoms with Gasteiger partial charge in [-0.3, -0.25) is 4.79 Å². The minimum absolute atomic E-state index is 0.212. The van der Waals surface area contributed by atoms with Crippen LogP contribution in [0.3, 0.4) is 0 Å². The number of rotatable bonds is 3. The van der Waals surface area contributed by atoms with E-state index in [-0.39, 0.29) is 5.91 Å². The molecule has 0 radical (unpaired) electrons. The second-order valence-corrected chi connectivity index (χ2v) is 5.36. The predicted molar refractivity (Wildman–Crippen MR) is 75.5 cm³/mol. The molecule has 0 saturated carbocycles. The number of nitrogens with one attached hydrogen (secondary N) is 1. The number of hydrogen-bond donors (Lipinski definition) is 1. The van der Waals surface area contributed by atoms with Gasteiger partial charge in [0, 0.05) is 10.7 Å². The van der Waals surface area contributed by atoms with E-state index in [9.17, 15) is 4.79 Å². The summed E-state index contributed by atoms with van der Waals surface area (Å²) in [4.78, 5) is 16.7. The van der Waals surface area contributed by atoms with Crippen molar-refractivity contribution in [2.75, 3.05) is 12.4 Å². The van der Waals surface area contributed by atoms with Gasteiger partial charge >= 0.3 is 0 Å². The maximum Gasteiger partial charge on any atom is 0.270 e. The average molecular weight is 327 g/mol. The molecule has 0 unspecified atom stereocenters. The summed E-state index contributed by atoms with van der Waals surface area (Å²) in [6.07, 6.45) is 1.66. The van der Waals surface area contributed by atoms with Crippen LogP contribution in [0.2, 0.25) is 0 Å². The van der Waals surface area contributed by atoms with E-state index in [1.807, 2.05) is 18.4 Å². The second-order valence-electron chi connectivity index (χ2n) is 3.59. The summed E-state index contributed by atoms with van der Waals surface area (Å²) in [5, 5.41) is 4.56. The first-order valence-corrected chi connectivity index (χ1v) is 6.84. The topological polar surface area (TPSA) is 51.2 Å². The van der Waals surface area contributed by atoms with Crippen molar-refractivity contribution < 1.29 is 9.53 Å². The highest BCUT2D eigenvalue weighted by molar-refractivity contribution is 9.10. The van der Waals surface area contributed by atoms with Gasteiger partial charge in [0.2, 0.25) is 0 Å². The van der Waals surface area contributed by atoms with Crippen LogP contribution in [-0.4, -0.2) is 18.0 Å². The van der Waals surface area contributed by atoms with E-state index in [0.29, 0.717) is 16.4 Å². The van der Waals surface area contributed by atoms with Gasteiger partial charge in [-0.25, -0.2) is 4.98 Å². The number of carbonyl (C=O) groups is 1. The van der Waals surface area contributed by atoms with Crippen molar-refractivity contribution in [2.45, 2.75) is 6.92 Å². The standard InChI is InChI=1S/C12H11BrN2O2S/c1-7-5-10(14-6-8(7)13)15-12(16)11-9(17-2)3-4-18-11/h3-6H,1-2H3,(H,14,15,16). The number of carbonyl (C=O) groups excluding carboxylic acids is 1. The van der Waals surface area contributed by atoms with E-state index >= 15 is 0 Å². The van der Waals surface area contributed by atoms with Crippen LogP contribution in [0.25, 0.3) is 0 Å². The number of thiophene rings is 1. The van der Waals surface area contributed by atoms with Crippen LogP contribution in [0, 0.1) is 6.92 Å².